The van der Waals surface area contributed by atoms with Gasteiger partial charge in [0.25, 0.3) is 0 Å². The lowest BCUT2D eigenvalue weighted by molar-refractivity contribution is 1.48. The van der Waals surface area contributed by atoms with E-state index < -0.39 is 0 Å². The first kappa shape index (κ1) is 9.21. The van der Waals surface area contributed by atoms with Crippen molar-refractivity contribution in [1.29, 1.82) is 5.26 Å². The second kappa shape index (κ2) is 4.89. The maximum atomic E-state index is 8.52. The summed E-state index contributed by atoms with van der Waals surface area (Å²) >= 11 is 5.11. The summed E-state index contributed by atoms with van der Waals surface area (Å²) in [6, 6.07) is 8.97. The minimum atomic E-state index is 0.619. The molecular formula is C11H4ClN. The molecule has 0 radical (unpaired) electrons. The fourth-order valence-corrected chi connectivity index (χ4v) is 0.802. The molecule has 1 nitrogen and oxygen atoms in total. The molecule has 0 N–H and O–H groups in total. The van der Waals surface area contributed by atoms with E-state index in [2.05, 4.69) is 23.1 Å². The summed E-state index contributed by atoms with van der Waals surface area (Å²) in [7, 11) is 0. The summed E-state index contributed by atoms with van der Waals surface area (Å²) in [6.45, 7) is 0. The Bertz CT molecular complexity index is 443. The lowest BCUT2D eigenvalue weighted by atomic mass is 10.1. The van der Waals surface area contributed by atoms with Crippen LogP contribution in [0.15, 0.2) is 24.3 Å². The van der Waals surface area contributed by atoms with Gasteiger partial charge in [-0.3, -0.25) is 0 Å². The molecule has 0 aliphatic carbocycles. The van der Waals surface area contributed by atoms with Crippen molar-refractivity contribution in [2.24, 2.45) is 0 Å². The molecule has 0 bridgehead atoms. The monoisotopic (exact) mass is 185 g/mol. The number of halogens is 1. The molecule has 2 heteroatoms. The molecule has 1 rings (SSSR count). The second-order valence-electron chi connectivity index (χ2n) is 2.16. The van der Waals surface area contributed by atoms with Crippen molar-refractivity contribution < 1.29 is 0 Å². The van der Waals surface area contributed by atoms with Gasteiger partial charge in [-0.25, -0.2) is 0 Å². The lowest BCUT2D eigenvalue weighted by Gasteiger charge is -1.88. The predicted octanol–water partition coefficient (Wildman–Crippen LogP) is 2.11. The molecule has 0 amide bonds. The third-order valence-electron chi connectivity index (χ3n) is 1.33. The molecule has 0 heterocycles. The van der Waals surface area contributed by atoms with Gasteiger partial charge in [0.05, 0.1) is 11.6 Å². The Morgan fingerprint density at radius 3 is 2.15 bits per heavy atom. The van der Waals surface area contributed by atoms with Crippen molar-refractivity contribution in [3.8, 4) is 29.2 Å². The second-order valence-corrected chi connectivity index (χ2v) is 2.35. The van der Waals surface area contributed by atoms with E-state index >= 15 is 0 Å². The third kappa shape index (κ3) is 2.92. The lowest BCUT2D eigenvalue weighted by Crippen LogP contribution is -1.75. The highest BCUT2D eigenvalue weighted by atomic mass is 35.5. The molecule has 0 spiro atoms. The van der Waals surface area contributed by atoms with E-state index in [-0.39, 0.29) is 0 Å². The molecule has 0 saturated carbocycles. The van der Waals surface area contributed by atoms with Crippen LogP contribution in [0.25, 0.3) is 0 Å². The van der Waals surface area contributed by atoms with Gasteiger partial charge in [0.2, 0.25) is 0 Å². The van der Waals surface area contributed by atoms with Crippen LogP contribution >= 0.6 is 11.6 Å². The van der Waals surface area contributed by atoms with Crippen LogP contribution in [0.1, 0.15) is 11.1 Å². The SMILES string of the molecule is N#Cc1ccc(C#CC#CCl)cc1. The highest BCUT2D eigenvalue weighted by Crippen LogP contribution is 2.00. The van der Waals surface area contributed by atoms with Gasteiger partial charge in [0.1, 0.15) is 0 Å². The Hall–Kier alpha value is -1.88. The summed E-state index contributed by atoms with van der Waals surface area (Å²) in [5.74, 6) is 7.76. The fraction of sp³-hybridized carbons (Fsp3) is 0. The van der Waals surface area contributed by atoms with E-state index in [1.807, 2.05) is 6.07 Å². The van der Waals surface area contributed by atoms with E-state index in [0.29, 0.717) is 5.56 Å². The smallest absolute Gasteiger partial charge is 0.0991 e. The zero-order chi connectivity index (χ0) is 9.52. The first-order valence-electron chi connectivity index (χ1n) is 3.48. The predicted molar refractivity (Wildman–Crippen MR) is 51.7 cm³/mol. The van der Waals surface area contributed by atoms with Gasteiger partial charge in [-0.15, -0.1) is 0 Å². The molecule has 0 aromatic heterocycles. The van der Waals surface area contributed by atoms with E-state index in [1.165, 1.54) is 0 Å². The number of nitrogens with zero attached hydrogens (tertiary/aromatic N) is 1. The molecule has 0 aliphatic rings. The van der Waals surface area contributed by atoms with Crippen molar-refractivity contribution in [2.45, 2.75) is 0 Å². The number of hydrogen-bond donors (Lipinski definition) is 0. The van der Waals surface area contributed by atoms with Crippen molar-refractivity contribution in [2.75, 3.05) is 0 Å². The number of benzene rings is 1. The zero-order valence-corrected chi connectivity index (χ0v) is 7.39. The zero-order valence-electron chi connectivity index (χ0n) is 6.63. The van der Waals surface area contributed by atoms with Crippen LogP contribution in [0, 0.1) is 34.5 Å². The first-order valence-corrected chi connectivity index (χ1v) is 3.86. The van der Waals surface area contributed by atoms with Gasteiger partial charge in [-0.05, 0) is 41.8 Å². The van der Waals surface area contributed by atoms with Gasteiger partial charge < -0.3 is 0 Å². The molecule has 0 saturated heterocycles. The average Bonchev–Trinajstić information content (AvgIpc) is 2.19. The third-order valence-corrected chi connectivity index (χ3v) is 1.43. The number of nitriles is 1. The maximum absolute atomic E-state index is 8.52. The topological polar surface area (TPSA) is 23.8 Å². The largest absolute Gasteiger partial charge is 0.192 e. The average molecular weight is 186 g/mol. The Kier molecular flexibility index (Phi) is 3.46. The molecule has 0 atom stereocenters. The molecule has 1 aromatic rings. The summed E-state index contributed by atoms with van der Waals surface area (Å²) in [5, 5.41) is 10.7. The van der Waals surface area contributed by atoms with Crippen molar-refractivity contribution in [1.82, 2.24) is 0 Å². The van der Waals surface area contributed by atoms with E-state index in [1.54, 1.807) is 24.3 Å². The number of rotatable bonds is 0. The summed E-state index contributed by atoms with van der Waals surface area (Å²) in [6.07, 6.45) is 0. The van der Waals surface area contributed by atoms with Crippen molar-refractivity contribution in [3.05, 3.63) is 35.4 Å². The quantitative estimate of drug-likeness (QED) is 0.568. The van der Waals surface area contributed by atoms with Crippen LogP contribution in [0.4, 0.5) is 0 Å². The van der Waals surface area contributed by atoms with Crippen LogP contribution in [-0.2, 0) is 0 Å². The standard InChI is InChI=1S/C11H4ClN/c12-8-2-1-3-10-4-6-11(9-13)7-5-10/h4-7H. The fourth-order valence-electron chi connectivity index (χ4n) is 0.755. The van der Waals surface area contributed by atoms with E-state index in [9.17, 15) is 0 Å². The van der Waals surface area contributed by atoms with Crippen molar-refractivity contribution >= 4 is 11.6 Å². The Morgan fingerprint density at radius 1 is 1.00 bits per heavy atom. The Labute approximate surface area is 82.0 Å². The van der Waals surface area contributed by atoms with Crippen LogP contribution in [0.3, 0.4) is 0 Å². The van der Waals surface area contributed by atoms with Gasteiger partial charge in [-0.1, -0.05) is 5.92 Å². The molecule has 13 heavy (non-hydrogen) atoms. The highest BCUT2D eigenvalue weighted by Gasteiger charge is 1.87. The Balaban J connectivity index is 2.88. The molecule has 0 unspecified atom stereocenters. The maximum Gasteiger partial charge on any atom is 0.0991 e. The summed E-state index contributed by atoms with van der Waals surface area (Å²) in [5.41, 5.74) is 1.44. The van der Waals surface area contributed by atoms with Gasteiger partial charge >= 0.3 is 0 Å². The van der Waals surface area contributed by atoms with Gasteiger partial charge in [0.15, 0.2) is 0 Å². The normalized spacial score (nSPS) is 7.08. The highest BCUT2D eigenvalue weighted by molar-refractivity contribution is 6.30. The van der Waals surface area contributed by atoms with Gasteiger partial charge in [-0.2, -0.15) is 5.26 Å². The molecule has 0 aliphatic heterocycles. The summed E-state index contributed by atoms with van der Waals surface area (Å²) in [4.78, 5) is 0. The van der Waals surface area contributed by atoms with Crippen molar-refractivity contribution in [3.63, 3.8) is 0 Å². The van der Waals surface area contributed by atoms with Crippen LogP contribution in [0.2, 0.25) is 0 Å². The van der Waals surface area contributed by atoms with E-state index in [0.717, 1.165) is 5.56 Å². The first-order chi connectivity index (χ1) is 6.36. The number of hydrogen-bond acceptors (Lipinski definition) is 1. The van der Waals surface area contributed by atoms with Crippen LogP contribution in [-0.4, -0.2) is 0 Å². The molecular weight excluding hydrogens is 182 g/mol. The molecule has 1 aromatic carbocycles. The van der Waals surface area contributed by atoms with Crippen LogP contribution < -0.4 is 0 Å². The summed E-state index contributed by atoms with van der Waals surface area (Å²) < 4.78 is 0. The molecule has 60 valence electrons. The molecule has 0 fully saturated rings. The Morgan fingerprint density at radius 2 is 1.62 bits per heavy atom. The minimum absolute atomic E-state index is 0.619. The van der Waals surface area contributed by atoms with Gasteiger partial charge in [0, 0.05) is 16.9 Å². The van der Waals surface area contributed by atoms with E-state index in [4.69, 9.17) is 16.9 Å². The van der Waals surface area contributed by atoms with Crippen LogP contribution in [0.5, 0.6) is 0 Å². The minimum Gasteiger partial charge on any atom is -0.192 e.